The highest BCUT2D eigenvalue weighted by molar-refractivity contribution is 7.13. The molecule has 168 valence electrons. The van der Waals surface area contributed by atoms with Crippen LogP contribution in [-0.4, -0.2) is 18.0 Å². The molecule has 0 bridgehead atoms. The number of ether oxygens (including phenoxy) is 2. The molecule has 4 aromatic rings. The standard InChI is InChI=1S/C25H20ClFN2O3S/c1-15-5-3-6-17(11-15)28-24(30)21-14-33-25(29-21)16-9-10-22(23(12-16)31-2)32-13-18-19(26)7-4-8-20(18)27/h3-12,14H,13H2,1-2H3,(H,28,30). The summed E-state index contributed by atoms with van der Waals surface area (Å²) in [6.45, 7) is 1.92. The van der Waals surface area contributed by atoms with Crippen LogP contribution in [0.1, 0.15) is 21.6 Å². The highest BCUT2D eigenvalue weighted by Gasteiger charge is 2.15. The number of hydrogen-bond donors (Lipinski definition) is 1. The maximum absolute atomic E-state index is 14.0. The van der Waals surface area contributed by atoms with Crippen LogP contribution < -0.4 is 14.8 Å². The first-order valence-corrected chi connectivity index (χ1v) is 11.3. The average Bonchev–Trinajstić information content (AvgIpc) is 3.29. The molecule has 0 saturated heterocycles. The van der Waals surface area contributed by atoms with Crippen molar-refractivity contribution in [2.45, 2.75) is 13.5 Å². The van der Waals surface area contributed by atoms with E-state index in [9.17, 15) is 9.18 Å². The van der Waals surface area contributed by atoms with Crippen molar-refractivity contribution in [2.75, 3.05) is 12.4 Å². The summed E-state index contributed by atoms with van der Waals surface area (Å²) in [7, 11) is 1.52. The van der Waals surface area contributed by atoms with Gasteiger partial charge >= 0.3 is 0 Å². The third-order valence-electron chi connectivity index (χ3n) is 4.86. The number of hydrogen-bond acceptors (Lipinski definition) is 5. The zero-order valence-electron chi connectivity index (χ0n) is 17.9. The summed E-state index contributed by atoms with van der Waals surface area (Å²) in [4.78, 5) is 17.0. The van der Waals surface area contributed by atoms with Crippen molar-refractivity contribution < 1.29 is 18.7 Å². The Kier molecular flexibility index (Phi) is 6.91. The van der Waals surface area contributed by atoms with E-state index in [0.717, 1.165) is 11.1 Å². The molecule has 0 aliphatic carbocycles. The molecule has 0 radical (unpaired) electrons. The Bertz CT molecular complexity index is 1290. The molecular formula is C25H20ClFN2O3S. The van der Waals surface area contributed by atoms with Crippen molar-refractivity contribution in [3.8, 4) is 22.1 Å². The van der Waals surface area contributed by atoms with Gasteiger partial charge in [0.2, 0.25) is 0 Å². The number of thiazole rings is 1. The molecule has 4 rings (SSSR count). The Morgan fingerprint density at radius 3 is 2.70 bits per heavy atom. The molecule has 1 N–H and O–H groups in total. The highest BCUT2D eigenvalue weighted by atomic mass is 35.5. The topological polar surface area (TPSA) is 60.5 Å². The average molecular weight is 483 g/mol. The second kappa shape index (κ2) is 10.0. The summed E-state index contributed by atoms with van der Waals surface area (Å²) in [6, 6.07) is 17.3. The van der Waals surface area contributed by atoms with Crippen LogP contribution in [0.5, 0.6) is 11.5 Å². The molecule has 1 heterocycles. The van der Waals surface area contributed by atoms with E-state index in [1.165, 1.54) is 24.5 Å². The zero-order chi connectivity index (χ0) is 23.4. The number of nitrogens with one attached hydrogen (secondary N) is 1. The van der Waals surface area contributed by atoms with E-state index >= 15 is 0 Å². The lowest BCUT2D eigenvalue weighted by molar-refractivity contribution is 0.102. The van der Waals surface area contributed by atoms with Crippen LogP contribution in [0.4, 0.5) is 10.1 Å². The lowest BCUT2D eigenvalue weighted by atomic mass is 10.2. The third kappa shape index (κ3) is 5.32. The molecule has 8 heteroatoms. The normalized spacial score (nSPS) is 10.7. The molecule has 3 aromatic carbocycles. The van der Waals surface area contributed by atoms with Gasteiger partial charge in [-0.25, -0.2) is 9.37 Å². The molecular weight excluding hydrogens is 463 g/mol. The van der Waals surface area contributed by atoms with E-state index in [2.05, 4.69) is 10.3 Å². The van der Waals surface area contributed by atoms with Crippen molar-refractivity contribution in [1.29, 1.82) is 0 Å². The number of methoxy groups -OCH3 is 1. The molecule has 0 aliphatic rings. The van der Waals surface area contributed by atoms with Crippen molar-refractivity contribution in [3.63, 3.8) is 0 Å². The number of rotatable bonds is 7. The van der Waals surface area contributed by atoms with Gasteiger partial charge in [0.15, 0.2) is 11.5 Å². The van der Waals surface area contributed by atoms with Gasteiger partial charge in [0.05, 0.1) is 12.1 Å². The Morgan fingerprint density at radius 1 is 1.12 bits per heavy atom. The smallest absolute Gasteiger partial charge is 0.275 e. The van der Waals surface area contributed by atoms with Gasteiger partial charge in [0.1, 0.15) is 23.1 Å². The van der Waals surface area contributed by atoms with Gasteiger partial charge < -0.3 is 14.8 Å². The summed E-state index contributed by atoms with van der Waals surface area (Å²) in [5.41, 5.74) is 3.13. The second-order valence-electron chi connectivity index (χ2n) is 7.22. The zero-order valence-corrected chi connectivity index (χ0v) is 19.5. The van der Waals surface area contributed by atoms with Crippen LogP contribution in [0.15, 0.2) is 66.0 Å². The van der Waals surface area contributed by atoms with Gasteiger partial charge in [-0.2, -0.15) is 0 Å². The molecule has 0 aliphatic heterocycles. The van der Waals surface area contributed by atoms with Gasteiger partial charge in [-0.15, -0.1) is 11.3 Å². The van der Waals surface area contributed by atoms with Gasteiger partial charge in [0.25, 0.3) is 5.91 Å². The maximum atomic E-state index is 14.0. The Hall–Kier alpha value is -3.42. The predicted molar refractivity (Wildman–Crippen MR) is 129 cm³/mol. The summed E-state index contributed by atoms with van der Waals surface area (Å²) in [6.07, 6.45) is 0. The van der Waals surface area contributed by atoms with Crippen LogP contribution in [-0.2, 0) is 6.61 Å². The molecule has 0 fully saturated rings. The minimum Gasteiger partial charge on any atom is -0.493 e. The van der Waals surface area contributed by atoms with E-state index in [1.807, 2.05) is 37.3 Å². The van der Waals surface area contributed by atoms with Gasteiger partial charge in [-0.05, 0) is 55.0 Å². The number of halogens is 2. The minimum absolute atomic E-state index is 0.0399. The largest absolute Gasteiger partial charge is 0.493 e. The molecule has 0 unspecified atom stereocenters. The predicted octanol–water partition coefficient (Wildman–Crippen LogP) is 6.75. The van der Waals surface area contributed by atoms with E-state index in [0.29, 0.717) is 32.9 Å². The molecule has 1 amide bonds. The number of aromatic nitrogens is 1. The number of benzene rings is 3. The van der Waals surface area contributed by atoms with Crippen molar-refractivity contribution in [2.24, 2.45) is 0 Å². The number of amides is 1. The van der Waals surface area contributed by atoms with Crippen LogP contribution >= 0.6 is 22.9 Å². The molecule has 0 spiro atoms. The van der Waals surface area contributed by atoms with Crippen LogP contribution in [0.25, 0.3) is 10.6 Å². The number of anilines is 1. The third-order valence-corrected chi connectivity index (χ3v) is 6.10. The lowest BCUT2D eigenvalue weighted by Gasteiger charge is -2.13. The summed E-state index contributed by atoms with van der Waals surface area (Å²) in [5.74, 6) is 0.185. The fourth-order valence-corrected chi connectivity index (χ4v) is 4.18. The Morgan fingerprint density at radius 2 is 1.94 bits per heavy atom. The first-order chi connectivity index (χ1) is 15.9. The Balaban J connectivity index is 1.50. The van der Waals surface area contributed by atoms with E-state index < -0.39 is 5.82 Å². The molecule has 1 aromatic heterocycles. The number of aryl methyl sites for hydroxylation is 1. The second-order valence-corrected chi connectivity index (χ2v) is 8.48. The van der Waals surface area contributed by atoms with Crippen LogP contribution in [0, 0.1) is 12.7 Å². The SMILES string of the molecule is COc1cc(-c2nc(C(=O)Nc3cccc(C)c3)cs2)ccc1OCc1c(F)cccc1Cl. The summed E-state index contributed by atoms with van der Waals surface area (Å²) >= 11 is 7.42. The summed E-state index contributed by atoms with van der Waals surface area (Å²) < 4.78 is 25.2. The number of nitrogens with zero attached hydrogens (tertiary/aromatic N) is 1. The van der Waals surface area contributed by atoms with E-state index in [-0.39, 0.29) is 18.1 Å². The lowest BCUT2D eigenvalue weighted by Crippen LogP contribution is -2.12. The fourth-order valence-electron chi connectivity index (χ4n) is 3.17. The number of carbonyl (C=O) groups is 1. The molecule has 33 heavy (non-hydrogen) atoms. The van der Waals surface area contributed by atoms with Crippen molar-refractivity contribution in [3.05, 3.63) is 93.7 Å². The number of carbonyl (C=O) groups excluding carboxylic acids is 1. The highest BCUT2D eigenvalue weighted by Crippen LogP contribution is 2.35. The van der Waals surface area contributed by atoms with E-state index in [4.69, 9.17) is 21.1 Å². The molecule has 0 saturated carbocycles. The fraction of sp³-hybridized carbons (Fsp3) is 0.120. The van der Waals surface area contributed by atoms with Crippen LogP contribution in [0.3, 0.4) is 0 Å². The maximum Gasteiger partial charge on any atom is 0.275 e. The van der Waals surface area contributed by atoms with E-state index in [1.54, 1.807) is 29.6 Å². The van der Waals surface area contributed by atoms with Gasteiger partial charge in [0, 0.05) is 22.2 Å². The van der Waals surface area contributed by atoms with Crippen LogP contribution in [0.2, 0.25) is 5.02 Å². The van der Waals surface area contributed by atoms with Gasteiger partial charge in [-0.1, -0.05) is 29.8 Å². The molecule has 0 atom stereocenters. The first-order valence-electron chi connectivity index (χ1n) is 10.0. The first kappa shape index (κ1) is 22.8. The Labute approximate surface area is 199 Å². The quantitative estimate of drug-likeness (QED) is 0.316. The minimum atomic E-state index is -0.433. The van der Waals surface area contributed by atoms with Gasteiger partial charge in [-0.3, -0.25) is 4.79 Å². The molecule has 5 nitrogen and oxygen atoms in total. The van der Waals surface area contributed by atoms with Crippen molar-refractivity contribution in [1.82, 2.24) is 4.98 Å². The monoisotopic (exact) mass is 482 g/mol. The summed E-state index contributed by atoms with van der Waals surface area (Å²) in [5, 5.41) is 5.52. The van der Waals surface area contributed by atoms with Crippen molar-refractivity contribution >= 4 is 34.5 Å².